The zero-order valence-electron chi connectivity index (χ0n) is 3.60. The number of aromatic amines is 2. The average molecular weight is 96.1 g/mol. The highest BCUT2D eigenvalue weighted by Crippen LogP contribution is 1.82. The molecule has 2 N–H and O–H groups in total. The summed E-state index contributed by atoms with van der Waals surface area (Å²) in [6.07, 6.45) is 0.368. The summed E-state index contributed by atoms with van der Waals surface area (Å²) < 4.78 is 0. The smallest absolute Gasteiger partial charge is 0.158 e. The van der Waals surface area contributed by atoms with Crippen LogP contribution >= 0.6 is 0 Å². The Bertz CT molecular complexity index is 157. The summed E-state index contributed by atoms with van der Waals surface area (Å²) in [5.74, 6) is 0.711. The van der Waals surface area contributed by atoms with Gasteiger partial charge in [-0.25, -0.2) is 5.21 Å². The van der Waals surface area contributed by atoms with E-state index >= 15 is 0 Å². The molecule has 0 aliphatic carbocycles. The highest BCUT2D eigenvalue weighted by molar-refractivity contribution is 4.89. The monoisotopic (exact) mass is 96.0 g/mol. The lowest BCUT2D eigenvalue weighted by atomic mass is 10.5. The normalized spacial score (nSPS) is 8.43. The van der Waals surface area contributed by atoms with Crippen molar-refractivity contribution in [3.05, 3.63) is 5.82 Å². The van der Waals surface area contributed by atoms with E-state index in [4.69, 9.17) is 5.26 Å². The quantitative estimate of drug-likeness (QED) is 0.508. The van der Waals surface area contributed by atoms with Crippen LogP contribution in [0.5, 0.6) is 0 Å². The Morgan fingerprint density at radius 2 is 2.57 bits per heavy atom. The maximum atomic E-state index is 8.00. The van der Waals surface area contributed by atoms with Crippen LogP contribution in [0.15, 0.2) is 0 Å². The van der Waals surface area contributed by atoms with Crippen molar-refractivity contribution in [2.24, 2.45) is 0 Å². The molecule has 0 aromatic carbocycles. The lowest BCUT2D eigenvalue weighted by Crippen LogP contribution is -2.02. The van der Waals surface area contributed by atoms with Gasteiger partial charge in [0.1, 0.15) is 0 Å². The molecule has 0 fully saturated rings. The number of nitriles is 1. The molecule has 0 unspecified atom stereocenters. The molecule has 0 atom stereocenters. The van der Waals surface area contributed by atoms with E-state index in [2.05, 4.69) is 15.4 Å². The van der Waals surface area contributed by atoms with Crippen molar-refractivity contribution >= 4 is 0 Å². The van der Waals surface area contributed by atoms with Gasteiger partial charge in [0.2, 0.25) is 0 Å². The van der Waals surface area contributed by atoms with Gasteiger partial charge in [0.25, 0.3) is 0 Å². The first-order valence-corrected chi connectivity index (χ1v) is 1.88. The van der Waals surface area contributed by atoms with E-state index in [1.54, 1.807) is 0 Å². The second kappa shape index (κ2) is 1.47. The van der Waals surface area contributed by atoms with Gasteiger partial charge in [0.05, 0.1) is 12.5 Å². The SMILES string of the molecule is N#CCc1n[nH][nH]1. The first-order valence-electron chi connectivity index (χ1n) is 1.88. The van der Waals surface area contributed by atoms with Gasteiger partial charge in [0.15, 0.2) is 5.82 Å². The molecule has 0 saturated heterocycles. The van der Waals surface area contributed by atoms with E-state index in [9.17, 15) is 0 Å². The van der Waals surface area contributed by atoms with Gasteiger partial charge in [-0.15, -0.1) is 5.10 Å². The maximum absolute atomic E-state index is 8.00. The van der Waals surface area contributed by atoms with Crippen molar-refractivity contribution in [3.8, 4) is 6.07 Å². The van der Waals surface area contributed by atoms with Crippen LogP contribution in [0.1, 0.15) is 5.82 Å². The number of rotatable bonds is 1. The van der Waals surface area contributed by atoms with Gasteiger partial charge in [-0.2, -0.15) is 5.26 Å². The zero-order valence-corrected chi connectivity index (χ0v) is 3.60. The minimum Gasteiger partial charge on any atom is -0.269 e. The van der Waals surface area contributed by atoms with Crippen LogP contribution in [-0.4, -0.2) is 15.4 Å². The van der Waals surface area contributed by atoms with Crippen molar-refractivity contribution in [1.29, 1.82) is 5.26 Å². The van der Waals surface area contributed by atoms with Crippen LogP contribution < -0.4 is 0 Å². The van der Waals surface area contributed by atoms with Crippen LogP contribution in [0.2, 0.25) is 0 Å². The summed E-state index contributed by atoms with van der Waals surface area (Å²) in [5.41, 5.74) is 0. The zero-order chi connectivity index (χ0) is 5.11. The summed E-state index contributed by atoms with van der Waals surface area (Å²) in [6.45, 7) is 0. The predicted octanol–water partition coefficient (Wildman–Crippen LogP) is -0.196. The lowest BCUT2D eigenvalue weighted by Gasteiger charge is -1.93. The Morgan fingerprint density at radius 3 is 2.71 bits per heavy atom. The fourth-order valence-corrected chi connectivity index (χ4v) is 0.294. The molecule has 36 valence electrons. The first-order chi connectivity index (χ1) is 3.43. The molecule has 1 rings (SSSR count). The van der Waals surface area contributed by atoms with Gasteiger partial charge in [-0.3, -0.25) is 5.10 Å². The van der Waals surface area contributed by atoms with Crippen molar-refractivity contribution in [1.82, 2.24) is 15.4 Å². The molecule has 0 aliphatic heterocycles. The Kier molecular flexibility index (Phi) is 0.828. The number of aromatic nitrogens is 3. The van der Waals surface area contributed by atoms with Crippen molar-refractivity contribution in [3.63, 3.8) is 0 Å². The second-order valence-electron chi connectivity index (χ2n) is 1.13. The summed E-state index contributed by atoms with van der Waals surface area (Å²) in [5, 5.41) is 16.7. The molecule has 4 nitrogen and oxygen atoms in total. The third-order valence-corrected chi connectivity index (χ3v) is 0.638. The summed E-state index contributed by atoms with van der Waals surface area (Å²) >= 11 is 0. The second-order valence-corrected chi connectivity index (χ2v) is 1.13. The van der Waals surface area contributed by atoms with Gasteiger partial charge in [-0.1, -0.05) is 0 Å². The molecule has 0 spiro atoms. The molecule has 4 heteroatoms. The lowest BCUT2D eigenvalue weighted by molar-refractivity contribution is 0.693. The van der Waals surface area contributed by atoms with E-state index in [0.717, 1.165) is 0 Å². The van der Waals surface area contributed by atoms with Crippen molar-refractivity contribution in [2.75, 3.05) is 0 Å². The van der Waals surface area contributed by atoms with Crippen LogP contribution in [0.25, 0.3) is 0 Å². The Hall–Kier alpha value is -1.24. The van der Waals surface area contributed by atoms with Gasteiger partial charge in [0, 0.05) is 0 Å². The molecule has 0 aliphatic rings. The Balaban J connectivity index is 2.44. The maximum Gasteiger partial charge on any atom is 0.158 e. The number of H-pyrrole nitrogens is 2. The summed E-state index contributed by atoms with van der Waals surface area (Å²) in [6, 6.07) is 1.94. The molecule has 1 aromatic heterocycles. The molecule has 1 aromatic rings. The standard InChI is InChI=1S/C3H4N4/c4-2-1-3-5-7-6-3/h7H,1H2,(H,5,6). The molecular formula is C3H4N4. The minimum absolute atomic E-state index is 0.368. The Morgan fingerprint density at radius 1 is 1.86 bits per heavy atom. The van der Waals surface area contributed by atoms with E-state index in [1.165, 1.54) is 0 Å². The number of hydrogen-bond acceptors (Lipinski definition) is 2. The predicted molar refractivity (Wildman–Crippen MR) is 22.3 cm³/mol. The topological polar surface area (TPSA) is 68.3 Å². The Labute approximate surface area is 40.1 Å². The molecule has 7 heavy (non-hydrogen) atoms. The largest absolute Gasteiger partial charge is 0.269 e. The minimum atomic E-state index is 0.368. The fraction of sp³-hybridized carbons (Fsp3) is 0.333. The number of nitrogens with zero attached hydrogens (tertiary/aromatic N) is 2. The van der Waals surface area contributed by atoms with Crippen LogP contribution in [0, 0.1) is 11.3 Å². The molecular weight excluding hydrogens is 92.1 g/mol. The van der Waals surface area contributed by atoms with E-state index in [-0.39, 0.29) is 0 Å². The van der Waals surface area contributed by atoms with Crippen LogP contribution in [-0.2, 0) is 6.42 Å². The summed E-state index contributed by atoms with van der Waals surface area (Å²) in [4.78, 5) is 0. The van der Waals surface area contributed by atoms with Crippen LogP contribution in [0.3, 0.4) is 0 Å². The third kappa shape index (κ3) is 0.602. The molecule has 0 radical (unpaired) electrons. The van der Waals surface area contributed by atoms with Gasteiger partial charge < -0.3 is 0 Å². The third-order valence-electron chi connectivity index (χ3n) is 0.638. The van der Waals surface area contributed by atoms with Gasteiger partial charge >= 0.3 is 0 Å². The van der Waals surface area contributed by atoms with Crippen LogP contribution in [0.4, 0.5) is 0 Å². The van der Waals surface area contributed by atoms with Crippen molar-refractivity contribution < 1.29 is 0 Å². The van der Waals surface area contributed by atoms with E-state index in [1.807, 2.05) is 6.07 Å². The number of hydrogen-bond donors (Lipinski definition) is 2. The summed E-state index contributed by atoms with van der Waals surface area (Å²) in [7, 11) is 0. The number of nitrogens with one attached hydrogen (secondary N) is 2. The molecule has 0 bridgehead atoms. The van der Waals surface area contributed by atoms with E-state index in [0.29, 0.717) is 12.2 Å². The average Bonchev–Trinajstić information content (AvgIpc) is 1.55. The fourth-order valence-electron chi connectivity index (χ4n) is 0.294. The first kappa shape index (κ1) is 3.93. The highest BCUT2D eigenvalue weighted by Gasteiger charge is 1.90. The van der Waals surface area contributed by atoms with E-state index < -0.39 is 0 Å². The van der Waals surface area contributed by atoms with Gasteiger partial charge in [-0.05, 0) is 0 Å². The highest BCUT2D eigenvalue weighted by atomic mass is 15.4. The van der Waals surface area contributed by atoms with Crippen molar-refractivity contribution in [2.45, 2.75) is 6.42 Å². The molecule has 0 amide bonds. The molecule has 1 heterocycles. The molecule has 0 saturated carbocycles.